The summed E-state index contributed by atoms with van der Waals surface area (Å²) in [6.07, 6.45) is 0. The molecule has 134 valence electrons. The largest absolute Gasteiger partial charge is 0.467 e. The summed E-state index contributed by atoms with van der Waals surface area (Å²) in [4.78, 5) is 23.7. The molecule has 26 heavy (non-hydrogen) atoms. The van der Waals surface area contributed by atoms with Gasteiger partial charge in [0.2, 0.25) is 0 Å². The SMILES string of the molecule is CCn1c(=O)n(Cc2cc([N+](=O)[O-])cc3c2OCOC3)c2ccccc21. The number of nitro groups is 1. The zero-order chi connectivity index (χ0) is 18.3. The highest BCUT2D eigenvalue weighted by atomic mass is 16.7. The van der Waals surface area contributed by atoms with Crippen LogP contribution in [0.3, 0.4) is 0 Å². The molecule has 2 heterocycles. The molecule has 8 heteroatoms. The fourth-order valence-corrected chi connectivity index (χ4v) is 3.40. The van der Waals surface area contributed by atoms with E-state index in [2.05, 4.69) is 0 Å². The van der Waals surface area contributed by atoms with Gasteiger partial charge in [0.15, 0.2) is 6.79 Å². The van der Waals surface area contributed by atoms with E-state index in [0.717, 1.165) is 11.0 Å². The van der Waals surface area contributed by atoms with E-state index in [4.69, 9.17) is 9.47 Å². The molecule has 0 aliphatic carbocycles. The van der Waals surface area contributed by atoms with Crippen molar-refractivity contribution < 1.29 is 14.4 Å². The van der Waals surface area contributed by atoms with Crippen molar-refractivity contribution in [1.29, 1.82) is 0 Å². The van der Waals surface area contributed by atoms with Gasteiger partial charge in [-0.3, -0.25) is 19.2 Å². The van der Waals surface area contributed by atoms with Gasteiger partial charge in [-0.05, 0) is 19.1 Å². The molecule has 0 spiro atoms. The molecule has 4 rings (SSSR count). The van der Waals surface area contributed by atoms with Crippen molar-refractivity contribution in [2.24, 2.45) is 0 Å². The molecule has 3 aromatic rings. The second-order valence-corrected chi connectivity index (χ2v) is 6.06. The van der Waals surface area contributed by atoms with Gasteiger partial charge < -0.3 is 9.47 Å². The zero-order valence-corrected chi connectivity index (χ0v) is 14.2. The third kappa shape index (κ3) is 2.55. The Hall–Kier alpha value is -3.13. The van der Waals surface area contributed by atoms with Crippen LogP contribution in [0.2, 0.25) is 0 Å². The normalized spacial score (nSPS) is 13.4. The summed E-state index contributed by atoms with van der Waals surface area (Å²) >= 11 is 0. The summed E-state index contributed by atoms with van der Waals surface area (Å²) in [5.74, 6) is 0.557. The van der Waals surface area contributed by atoms with Gasteiger partial charge in [0.05, 0.1) is 29.1 Å². The number of fused-ring (bicyclic) bond motifs is 2. The van der Waals surface area contributed by atoms with Gasteiger partial charge in [-0.2, -0.15) is 0 Å². The Morgan fingerprint density at radius 2 is 1.92 bits per heavy atom. The van der Waals surface area contributed by atoms with Gasteiger partial charge in [0, 0.05) is 29.8 Å². The van der Waals surface area contributed by atoms with Gasteiger partial charge in [-0.25, -0.2) is 4.79 Å². The van der Waals surface area contributed by atoms with Gasteiger partial charge in [0.1, 0.15) is 5.75 Å². The van der Waals surface area contributed by atoms with Gasteiger partial charge in [-0.1, -0.05) is 12.1 Å². The Labute approximate surface area is 148 Å². The van der Waals surface area contributed by atoms with Crippen molar-refractivity contribution in [3.63, 3.8) is 0 Å². The predicted molar refractivity (Wildman–Crippen MR) is 94.4 cm³/mol. The average molecular weight is 355 g/mol. The minimum Gasteiger partial charge on any atom is -0.467 e. The number of aryl methyl sites for hydroxylation is 1. The molecule has 0 atom stereocenters. The second-order valence-electron chi connectivity index (χ2n) is 6.06. The molecule has 1 aliphatic rings. The lowest BCUT2D eigenvalue weighted by Gasteiger charge is -2.20. The van der Waals surface area contributed by atoms with E-state index in [9.17, 15) is 14.9 Å². The Balaban J connectivity index is 1.90. The maximum atomic E-state index is 12.8. The average Bonchev–Trinajstić information content (AvgIpc) is 2.92. The lowest BCUT2D eigenvalue weighted by molar-refractivity contribution is -0.385. The zero-order valence-electron chi connectivity index (χ0n) is 14.2. The molecular formula is C18H17N3O5. The molecule has 0 saturated heterocycles. The summed E-state index contributed by atoms with van der Waals surface area (Å²) in [5, 5.41) is 11.3. The molecule has 2 aromatic carbocycles. The number of ether oxygens (including phenoxy) is 2. The Bertz CT molecular complexity index is 1070. The number of hydrogen-bond donors (Lipinski definition) is 0. The van der Waals surface area contributed by atoms with E-state index in [1.807, 2.05) is 31.2 Å². The Kier molecular flexibility index (Phi) is 3.96. The number of nitrogens with zero attached hydrogens (tertiary/aromatic N) is 3. The molecule has 0 N–H and O–H groups in total. The van der Waals surface area contributed by atoms with Crippen molar-refractivity contribution in [3.05, 3.63) is 68.1 Å². The van der Waals surface area contributed by atoms with E-state index >= 15 is 0 Å². The van der Waals surface area contributed by atoms with Crippen LogP contribution in [0.1, 0.15) is 18.1 Å². The van der Waals surface area contributed by atoms with E-state index in [-0.39, 0.29) is 31.3 Å². The number of benzene rings is 2. The van der Waals surface area contributed by atoms with Crippen molar-refractivity contribution >= 4 is 16.7 Å². The first kappa shape index (κ1) is 16.3. The second kappa shape index (κ2) is 6.30. The fraction of sp³-hybridized carbons (Fsp3) is 0.278. The quantitative estimate of drug-likeness (QED) is 0.530. The van der Waals surface area contributed by atoms with Crippen LogP contribution in [0.4, 0.5) is 5.69 Å². The van der Waals surface area contributed by atoms with Crippen molar-refractivity contribution in [2.45, 2.75) is 26.6 Å². The third-order valence-electron chi connectivity index (χ3n) is 4.55. The molecule has 0 unspecified atom stereocenters. The van der Waals surface area contributed by atoms with Crippen LogP contribution in [-0.4, -0.2) is 20.9 Å². The number of hydrogen-bond acceptors (Lipinski definition) is 5. The monoisotopic (exact) mass is 355 g/mol. The summed E-state index contributed by atoms with van der Waals surface area (Å²) in [5.41, 5.74) is 2.64. The first-order valence-corrected chi connectivity index (χ1v) is 8.29. The maximum absolute atomic E-state index is 12.8. The van der Waals surface area contributed by atoms with Gasteiger partial charge >= 0.3 is 5.69 Å². The molecule has 0 fully saturated rings. The van der Waals surface area contributed by atoms with Crippen molar-refractivity contribution in [3.8, 4) is 5.75 Å². The van der Waals surface area contributed by atoms with E-state index < -0.39 is 4.92 Å². The predicted octanol–water partition coefficient (Wildman–Crippen LogP) is 2.65. The molecule has 0 amide bonds. The smallest absolute Gasteiger partial charge is 0.329 e. The van der Waals surface area contributed by atoms with Crippen LogP contribution in [0.5, 0.6) is 5.75 Å². The van der Waals surface area contributed by atoms with Gasteiger partial charge in [-0.15, -0.1) is 0 Å². The lowest BCUT2D eigenvalue weighted by atomic mass is 10.1. The molecule has 0 saturated carbocycles. The number of rotatable bonds is 4. The van der Waals surface area contributed by atoms with Crippen LogP contribution >= 0.6 is 0 Å². The Morgan fingerprint density at radius 3 is 2.62 bits per heavy atom. The summed E-state index contributed by atoms with van der Waals surface area (Å²) < 4.78 is 14.1. The first-order valence-electron chi connectivity index (χ1n) is 8.29. The van der Waals surface area contributed by atoms with E-state index in [1.54, 1.807) is 9.13 Å². The van der Waals surface area contributed by atoms with E-state index in [1.165, 1.54) is 12.1 Å². The Morgan fingerprint density at radius 1 is 1.19 bits per heavy atom. The lowest BCUT2D eigenvalue weighted by Crippen LogP contribution is -2.25. The van der Waals surface area contributed by atoms with Crippen LogP contribution in [0, 0.1) is 10.1 Å². The van der Waals surface area contributed by atoms with E-state index in [0.29, 0.717) is 23.4 Å². The van der Waals surface area contributed by atoms with Crippen LogP contribution in [0.25, 0.3) is 11.0 Å². The molecular weight excluding hydrogens is 338 g/mol. The van der Waals surface area contributed by atoms with Crippen LogP contribution in [-0.2, 0) is 24.4 Å². The number of para-hydroxylation sites is 2. The van der Waals surface area contributed by atoms with Crippen LogP contribution in [0.15, 0.2) is 41.2 Å². The number of aromatic nitrogens is 2. The van der Waals surface area contributed by atoms with Crippen molar-refractivity contribution in [1.82, 2.24) is 9.13 Å². The topological polar surface area (TPSA) is 88.5 Å². The van der Waals surface area contributed by atoms with Gasteiger partial charge in [0.25, 0.3) is 5.69 Å². The first-order chi connectivity index (χ1) is 12.6. The molecule has 0 radical (unpaired) electrons. The molecule has 1 aromatic heterocycles. The molecule has 0 bridgehead atoms. The minimum atomic E-state index is -0.448. The minimum absolute atomic E-state index is 0.0415. The maximum Gasteiger partial charge on any atom is 0.329 e. The highest BCUT2D eigenvalue weighted by molar-refractivity contribution is 5.76. The summed E-state index contributed by atoms with van der Waals surface area (Å²) in [6, 6.07) is 10.4. The third-order valence-corrected chi connectivity index (χ3v) is 4.55. The number of non-ortho nitro benzene ring substituents is 1. The summed E-state index contributed by atoms with van der Waals surface area (Å²) in [7, 11) is 0. The van der Waals surface area contributed by atoms with Crippen LogP contribution < -0.4 is 10.4 Å². The molecule has 8 nitrogen and oxygen atoms in total. The highest BCUT2D eigenvalue weighted by Crippen LogP contribution is 2.33. The number of imidazole rings is 1. The number of nitro benzene ring substituents is 1. The highest BCUT2D eigenvalue weighted by Gasteiger charge is 2.22. The van der Waals surface area contributed by atoms with Crippen molar-refractivity contribution in [2.75, 3.05) is 6.79 Å². The standard InChI is InChI=1S/C18H17N3O5/c1-2-19-15-5-3-4-6-16(15)20(18(19)22)9-12-7-14(21(23)24)8-13-10-25-11-26-17(12)13/h3-8H,2,9-11H2,1H3. The summed E-state index contributed by atoms with van der Waals surface area (Å²) in [6.45, 7) is 2.98. The fourth-order valence-electron chi connectivity index (χ4n) is 3.40. The molecule has 1 aliphatic heterocycles.